The molecule has 1 rings (SSSR count). The minimum Gasteiger partial charge on any atom is -0.307 e. The molecule has 0 saturated carbocycles. The van der Waals surface area contributed by atoms with Gasteiger partial charge in [-0.15, -0.1) is 0 Å². The van der Waals surface area contributed by atoms with Crippen LogP contribution >= 0.6 is 15.9 Å². The highest BCUT2D eigenvalue weighted by Crippen LogP contribution is 2.21. The van der Waals surface area contributed by atoms with Gasteiger partial charge in [0.25, 0.3) is 0 Å². The van der Waals surface area contributed by atoms with Crippen LogP contribution in [0.4, 0.5) is 0 Å². The van der Waals surface area contributed by atoms with Gasteiger partial charge in [0.2, 0.25) is 0 Å². The molecular formula is C13H18BrN. The summed E-state index contributed by atoms with van der Waals surface area (Å²) in [5.41, 5.74) is 2.44. The Balaban J connectivity index is 2.79. The Morgan fingerprint density at radius 2 is 2.00 bits per heavy atom. The maximum absolute atomic E-state index is 4.03. The fourth-order valence-electron chi connectivity index (χ4n) is 1.52. The van der Waals surface area contributed by atoms with Crippen LogP contribution < -0.4 is 5.32 Å². The summed E-state index contributed by atoms with van der Waals surface area (Å²) < 4.78 is 1.11. The van der Waals surface area contributed by atoms with Crippen LogP contribution in [0.1, 0.15) is 31.9 Å². The largest absolute Gasteiger partial charge is 0.307 e. The second-order valence-electron chi connectivity index (χ2n) is 3.79. The van der Waals surface area contributed by atoms with Gasteiger partial charge in [0.05, 0.1) is 6.04 Å². The zero-order valence-electron chi connectivity index (χ0n) is 9.39. The van der Waals surface area contributed by atoms with Crippen molar-refractivity contribution in [3.63, 3.8) is 0 Å². The average molecular weight is 268 g/mol. The van der Waals surface area contributed by atoms with E-state index in [0.29, 0.717) is 0 Å². The van der Waals surface area contributed by atoms with Gasteiger partial charge >= 0.3 is 0 Å². The fourth-order valence-corrected chi connectivity index (χ4v) is 1.78. The number of benzene rings is 1. The molecule has 1 nitrogen and oxygen atoms in total. The first-order valence-corrected chi connectivity index (χ1v) is 6.08. The van der Waals surface area contributed by atoms with E-state index in [1.807, 2.05) is 0 Å². The molecule has 1 aromatic rings. The topological polar surface area (TPSA) is 12.0 Å². The Labute approximate surface area is 101 Å². The van der Waals surface area contributed by atoms with Crippen LogP contribution in [-0.2, 0) is 0 Å². The third kappa shape index (κ3) is 3.80. The quantitative estimate of drug-likeness (QED) is 0.794. The highest BCUT2D eigenvalue weighted by atomic mass is 79.9. The van der Waals surface area contributed by atoms with Crippen molar-refractivity contribution in [3.8, 4) is 0 Å². The summed E-state index contributed by atoms with van der Waals surface area (Å²) in [5, 5.41) is 3.49. The molecule has 1 atom stereocenters. The van der Waals surface area contributed by atoms with E-state index in [4.69, 9.17) is 0 Å². The lowest BCUT2D eigenvalue weighted by Gasteiger charge is -2.19. The van der Waals surface area contributed by atoms with Crippen molar-refractivity contribution < 1.29 is 0 Å². The van der Waals surface area contributed by atoms with Crippen LogP contribution in [0.25, 0.3) is 0 Å². The third-order valence-corrected chi connectivity index (χ3v) is 2.82. The second kappa shape index (κ2) is 6.09. The highest BCUT2D eigenvalue weighted by molar-refractivity contribution is 9.10. The van der Waals surface area contributed by atoms with Gasteiger partial charge in [-0.1, -0.05) is 47.1 Å². The van der Waals surface area contributed by atoms with Gasteiger partial charge in [0.15, 0.2) is 0 Å². The monoisotopic (exact) mass is 267 g/mol. The SMILES string of the molecule is C=C(C)C(NCCC)c1ccc(Br)cc1. The molecule has 0 fully saturated rings. The standard InChI is InChI=1S/C13H18BrN/c1-4-9-15-13(10(2)3)11-5-7-12(14)8-6-11/h5-8,13,15H,2,4,9H2,1,3H3. The first kappa shape index (κ1) is 12.5. The first-order valence-electron chi connectivity index (χ1n) is 5.29. The summed E-state index contributed by atoms with van der Waals surface area (Å²) in [6.07, 6.45) is 1.14. The summed E-state index contributed by atoms with van der Waals surface area (Å²) in [6, 6.07) is 8.67. The summed E-state index contributed by atoms with van der Waals surface area (Å²) in [6.45, 7) is 9.29. The summed E-state index contributed by atoms with van der Waals surface area (Å²) in [4.78, 5) is 0. The van der Waals surface area contributed by atoms with Crippen LogP contribution in [-0.4, -0.2) is 6.54 Å². The number of hydrogen-bond donors (Lipinski definition) is 1. The van der Waals surface area contributed by atoms with Crippen LogP contribution in [0.3, 0.4) is 0 Å². The Bertz CT molecular complexity index is 316. The summed E-state index contributed by atoms with van der Waals surface area (Å²) in [5.74, 6) is 0. The molecule has 1 unspecified atom stereocenters. The number of halogens is 1. The molecular weight excluding hydrogens is 250 g/mol. The van der Waals surface area contributed by atoms with Crippen LogP contribution in [0.5, 0.6) is 0 Å². The van der Waals surface area contributed by atoms with E-state index in [1.54, 1.807) is 0 Å². The predicted molar refractivity (Wildman–Crippen MR) is 70.0 cm³/mol. The number of nitrogens with one attached hydrogen (secondary N) is 1. The minimum absolute atomic E-state index is 0.276. The van der Waals surface area contributed by atoms with E-state index in [2.05, 4.69) is 65.9 Å². The fraction of sp³-hybridized carbons (Fsp3) is 0.385. The Kier molecular flexibility index (Phi) is 5.06. The van der Waals surface area contributed by atoms with Crippen LogP contribution in [0.15, 0.2) is 40.9 Å². The predicted octanol–water partition coefficient (Wildman–Crippen LogP) is 4.07. The molecule has 0 saturated heterocycles. The molecule has 1 aromatic carbocycles. The van der Waals surface area contributed by atoms with E-state index in [-0.39, 0.29) is 6.04 Å². The lowest BCUT2D eigenvalue weighted by atomic mass is 10.0. The zero-order valence-corrected chi connectivity index (χ0v) is 11.0. The molecule has 0 aliphatic carbocycles. The molecule has 0 aliphatic rings. The van der Waals surface area contributed by atoms with Gasteiger partial charge in [0.1, 0.15) is 0 Å². The second-order valence-corrected chi connectivity index (χ2v) is 4.70. The maximum atomic E-state index is 4.03. The van der Waals surface area contributed by atoms with Gasteiger partial charge in [-0.2, -0.15) is 0 Å². The van der Waals surface area contributed by atoms with Crippen LogP contribution in [0.2, 0.25) is 0 Å². The normalized spacial score (nSPS) is 12.5. The Morgan fingerprint density at radius 3 is 2.47 bits per heavy atom. The number of hydrogen-bond acceptors (Lipinski definition) is 1. The molecule has 1 N–H and O–H groups in total. The van der Waals surface area contributed by atoms with Crippen molar-refractivity contribution in [2.45, 2.75) is 26.3 Å². The molecule has 0 radical (unpaired) electrons. The molecule has 82 valence electrons. The molecule has 0 heterocycles. The van der Waals surface area contributed by atoms with E-state index in [1.165, 1.54) is 5.56 Å². The van der Waals surface area contributed by atoms with Crippen molar-refractivity contribution in [1.29, 1.82) is 0 Å². The highest BCUT2D eigenvalue weighted by Gasteiger charge is 2.10. The van der Waals surface area contributed by atoms with Crippen molar-refractivity contribution in [2.75, 3.05) is 6.54 Å². The molecule has 0 spiro atoms. The van der Waals surface area contributed by atoms with Crippen molar-refractivity contribution in [3.05, 3.63) is 46.5 Å². The average Bonchev–Trinajstić information content (AvgIpc) is 2.21. The lowest BCUT2D eigenvalue weighted by molar-refractivity contribution is 0.591. The van der Waals surface area contributed by atoms with Crippen molar-refractivity contribution in [2.24, 2.45) is 0 Å². The van der Waals surface area contributed by atoms with Crippen molar-refractivity contribution >= 4 is 15.9 Å². The molecule has 2 heteroatoms. The Morgan fingerprint density at radius 1 is 1.40 bits per heavy atom. The van der Waals surface area contributed by atoms with E-state index in [0.717, 1.165) is 23.0 Å². The first-order chi connectivity index (χ1) is 7.15. The minimum atomic E-state index is 0.276. The molecule has 0 aromatic heterocycles. The summed E-state index contributed by atoms with van der Waals surface area (Å²) >= 11 is 3.44. The van der Waals surface area contributed by atoms with Crippen molar-refractivity contribution in [1.82, 2.24) is 5.32 Å². The van der Waals surface area contributed by atoms with Gasteiger partial charge in [-0.05, 0) is 37.6 Å². The molecule has 0 aliphatic heterocycles. The zero-order chi connectivity index (χ0) is 11.3. The lowest BCUT2D eigenvalue weighted by Crippen LogP contribution is -2.22. The maximum Gasteiger partial charge on any atom is 0.0530 e. The summed E-state index contributed by atoms with van der Waals surface area (Å²) in [7, 11) is 0. The van der Waals surface area contributed by atoms with Gasteiger partial charge in [-0.3, -0.25) is 0 Å². The third-order valence-electron chi connectivity index (χ3n) is 2.29. The van der Waals surface area contributed by atoms with E-state index in [9.17, 15) is 0 Å². The van der Waals surface area contributed by atoms with E-state index >= 15 is 0 Å². The van der Waals surface area contributed by atoms with Gasteiger partial charge in [0, 0.05) is 4.47 Å². The molecule has 15 heavy (non-hydrogen) atoms. The van der Waals surface area contributed by atoms with Gasteiger partial charge < -0.3 is 5.32 Å². The van der Waals surface area contributed by atoms with E-state index < -0.39 is 0 Å². The molecule has 0 bridgehead atoms. The Hall–Kier alpha value is -0.600. The molecule has 0 amide bonds. The smallest absolute Gasteiger partial charge is 0.0530 e. The van der Waals surface area contributed by atoms with Crippen LogP contribution in [0, 0.1) is 0 Å². The number of rotatable bonds is 5. The van der Waals surface area contributed by atoms with Gasteiger partial charge in [-0.25, -0.2) is 0 Å².